The van der Waals surface area contributed by atoms with Gasteiger partial charge < -0.3 is 9.72 Å². The van der Waals surface area contributed by atoms with Crippen molar-refractivity contribution in [3.8, 4) is 11.5 Å². The number of nitrogens with one attached hydrogen (secondary N) is 2. The maximum Gasteiger partial charge on any atom is 0.300 e. The lowest BCUT2D eigenvalue weighted by Crippen LogP contribution is -2.38. The van der Waals surface area contributed by atoms with Gasteiger partial charge in [-0.1, -0.05) is 6.92 Å². The van der Waals surface area contributed by atoms with E-state index >= 15 is 0 Å². The van der Waals surface area contributed by atoms with Crippen LogP contribution in [0.15, 0.2) is 48.7 Å². The van der Waals surface area contributed by atoms with Crippen molar-refractivity contribution in [1.29, 1.82) is 0 Å². The second kappa shape index (κ2) is 11.7. The molecule has 35 heavy (non-hydrogen) atoms. The number of aromatic nitrogens is 1. The first-order valence-corrected chi connectivity index (χ1v) is 12.7. The van der Waals surface area contributed by atoms with Gasteiger partial charge in [-0.3, -0.25) is 19.3 Å². The lowest BCUT2D eigenvalue weighted by atomic mass is 9.99. The second-order valence-electron chi connectivity index (χ2n) is 8.41. The molecule has 0 spiro atoms. The number of hydrogen-bond donors (Lipinski definition) is 2. The van der Waals surface area contributed by atoms with E-state index in [1.165, 1.54) is 0 Å². The molecule has 1 amide bonds. The lowest BCUT2D eigenvalue weighted by Gasteiger charge is -2.20. The molecule has 3 aromatic rings. The zero-order chi connectivity index (χ0) is 23.6. The van der Waals surface area contributed by atoms with E-state index in [4.69, 9.17) is 11.3 Å². The van der Waals surface area contributed by atoms with Crippen LogP contribution < -0.4 is 9.46 Å². The normalized spacial score (nSPS) is 16.0. The Morgan fingerprint density at radius 2 is 1.91 bits per heavy atom. The summed E-state index contributed by atoms with van der Waals surface area (Å²) >= 11 is 0. The fraction of sp³-hybridized carbons (Fsp3) is 0.333. The summed E-state index contributed by atoms with van der Waals surface area (Å²) in [7, 11) is -3.33. The number of carbonyl (C=O) groups excluding carboxylic acids is 1. The lowest BCUT2D eigenvalue weighted by molar-refractivity contribution is -0.135. The number of nitrogens with zero attached hydrogens (tertiary/aromatic N) is 2. The number of ether oxygens (including phenoxy) is 1. The van der Waals surface area contributed by atoms with Gasteiger partial charge in [0, 0.05) is 41.7 Å². The number of aromatic amines is 1. The van der Waals surface area contributed by atoms with Gasteiger partial charge in [-0.15, -0.1) is 0 Å². The number of H-pyrrole nitrogens is 1. The number of rotatable bonds is 7. The molecule has 2 heterocycles. The molecule has 0 unspecified atom stereocenters. The number of likely N-dealkylation sites (tertiary alicyclic amines) is 1. The minimum absolute atomic E-state index is 0. The number of fused-ring (bicyclic) bond motifs is 1. The first-order valence-electron chi connectivity index (χ1n) is 10.8. The molecule has 4 rings (SSSR count). The Balaban J connectivity index is 0.00000216. The van der Waals surface area contributed by atoms with Gasteiger partial charge in [0.05, 0.1) is 6.26 Å². The summed E-state index contributed by atoms with van der Waals surface area (Å²) in [5.41, 5.74) is 2.43. The van der Waals surface area contributed by atoms with Crippen LogP contribution in [0.1, 0.15) is 25.3 Å². The Kier molecular flexibility index (Phi) is 9.54. The van der Waals surface area contributed by atoms with E-state index in [9.17, 15) is 13.2 Å². The fourth-order valence-electron chi connectivity index (χ4n) is 4.17. The summed E-state index contributed by atoms with van der Waals surface area (Å²) < 4.78 is 31.1. The quantitative estimate of drug-likeness (QED) is 0.433. The average Bonchev–Trinajstić information content (AvgIpc) is 3.40. The zero-order valence-electron chi connectivity index (χ0n) is 19.5. The third kappa shape index (κ3) is 6.87. The highest BCUT2D eigenvalue weighted by atomic mass is 32.2. The minimum atomic E-state index is -3.33. The summed E-state index contributed by atoms with van der Waals surface area (Å²) in [6, 6.07) is 12.4. The van der Waals surface area contributed by atoms with Gasteiger partial charge in [0.15, 0.2) is 0 Å². The number of anilines is 1. The molecule has 0 saturated carbocycles. The van der Waals surface area contributed by atoms with E-state index in [1.807, 2.05) is 31.3 Å². The van der Waals surface area contributed by atoms with Crippen LogP contribution in [0.3, 0.4) is 0 Å². The minimum Gasteiger partial charge on any atom is -0.457 e. The SMILES string of the molecule is S.S.[C-]#[N+][C@@H]1CCCN1C(=O)[C@@H](C)Cc1c[nH]c2ccc(Oc3ccc(NS(C)(=O)=O)cc3)cc12. The Labute approximate surface area is 219 Å². The van der Waals surface area contributed by atoms with Crippen LogP contribution in [0.2, 0.25) is 0 Å². The topological polar surface area (TPSA) is 95.9 Å². The van der Waals surface area contributed by atoms with Crippen LogP contribution in [0.4, 0.5) is 5.69 Å². The molecule has 2 N–H and O–H groups in total. The molecular weight excluding hydrogens is 504 g/mol. The van der Waals surface area contributed by atoms with Gasteiger partial charge in [0.1, 0.15) is 11.5 Å². The molecule has 0 aliphatic carbocycles. The van der Waals surface area contributed by atoms with Gasteiger partial charge >= 0.3 is 6.17 Å². The summed E-state index contributed by atoms with van der Waals surface area (Å²) in [6.45, 7) is 9.88. The first kappa shape index (κ1) is 28.4. The molecule has 11 heteroatoms. The average molecular weight is 535 g/mol. The summed E-state index contributed by atoms with van der Waals surface area (Å²) in [5.74, 6) is 1.01. The molecule has 8 nitrogen and oxygen atoms in total. The van der Waals surface area contributed by atoms with Gasteiger partial charge in [-0.2, -0.15) is 27.0 Å². The second-order valence-corrected chi connectivity index (χ2v) is 10.2. The molecule has 0 bridgehead atoms. The largest absolute Gasteiger partial charge is 0.457 e. The summed E-state index contributed by atoms with van der Waals surface area (Å²) in [4.78, 5) is 21.5. The molecule has 1 fully saturated rings. The van der Waals surface area contributed by atoms with Crippen molar-refractivity contribution >= 4 is 59.5 Å². The van der Waals surface area contributed by atoms with E-state index in [-0.39, 0.29) is 45.0 Å². The third-order valence-corrected chi connectivity index (χ3v) is 6.34. The molecule has 1 aromatic heterocycles. The van der Waals surface area contributed by atoms with Gasteiger partial charge in [-0.25, -0.2) is 15.0 Å². The van der Waals surface area contributed by atoms with E-state index in [2.05, 4.69) is 14.6 Å². The Morgan fingerprint density at radius 1 is 1.23 bits per heavy atom. The summed E-state index contributed by atoms with van der Waals surface area (Å²) in [6.07, 6.45) is 4.88. The number of benzene rings is 2. The molecule has 1 saturated heterocycles. The van der Waals surface area contributed by atoms with Crippen molar-refractivity contribution in [2.24, 2.45) is 5.92 Å². The van der Waals surface area contributed by atoms with Crippen molar-refractivity contribution in [1.82, 2.24) is 9.88 Å². The number of carbonyl (C=O) groups is 1. The van der Waals surface area contributed by atoms with Crippen LogP contribution in [0, 0.1) is 12.5 Å². The molecule has 0 radical (unpaired) electrons. The van der Waals surface area contributed by atoms with Crippen LogP contribution in [-0.2, 0) is 21.2 Å². The molecular formula is C24H30N4O4S3. The van der Waals surface area contributed by atoms with E-state index in [0.29, 0.717) is 30.2 Å². The Morgan fingerprint density at radius 3 is 2.57 bits per heavy atom. The van der Waals surface area contributed by atoms with Crippen molar-refractivity contribution in [3.63, 3.8) is 0 Å². The smallest absolute Gasteiger partial charge is 0.300 e. The predicted octanol–water partition coefficient (Wildman–Crippen LogP) is 4.60. The standard InChI is InChI=1S/C24H26N4O4S.2H2S/c1-16(24(29)28-12-4-5-23(28)25-2)13-17-15-26-22-11-10-20(14-21(17)22)32-19-8-6-18(7-9-19)27-33(3,30)31;;/h6-11,14-16,23,26-27H,4-5,12-13H2,1,3H3;2*1H2/t16-,23-;;/m0../s1. The molecule has 188 valence electrons. The number of sulfonamides is 1. The maximum atomic E-state index is 12.9. The van der Waals surface area contributed by atoms with Crippen molar-refractivity contribution in [3.05, 3.63) is 65.6 Å². The number of amides is 1. The van der Waals surface area contributed by atoms with Gasteiger partial charge in [0.25, 0.3) is 0 Å². The van der Waals surface area contributed by atoms with Gasteiger partial charge in [-0.05, 0) is 60.9 Å². The maximum absolute atomic E-state index is 12.9. The highest BCUT2D eigenvalue weighted by Crippen LogP contribution is 2.30. The zero-order valence-corrected chi connectivity index (χ0v) is 22.4. The Bertz CT molecular complexity index is 1320. The molecule has 2 aromatic carbocycles. The van der Waals surface area contributed by atoms with Crippen LogP contribution >= 0.6 is 27.0 Å². The monoisotopic (exact) mass is 534 g/mol. The predicted molar refractivity (Wildman–Crippen MR) is 148 cm³/mol. The highest BCUT2D eigenvalue weighted by molar-refractivity contribution is 7.92. The Hall–Kier alpha value is -2.81. The molecule has 1 aliphatic rings. The van der Waals surface area contributed by atoms with Crippen LogP contribution in [0.5, 0.6) is 11.5 Å². The van der Waals surface area contributed by atoms with Gasteiger partial charge in [0.2, 0.25) is 15.9 Å². The summed E-state index contributed by atoms with van der Waals surface area (Å²) in [5, 5.41) is 0.977. The molecule has 1 aliphatic heterocycles. The third-order valence-electron chi connectivity index (χ3n) is 5.73. The van der Waals surface area contributed by atoms with Crippen LogP contribution in [-0.4, -0.2) is 43.2 Å². The van der Waals surface area contributed by atoms with Crippen LogP contribution in [0.25, 0.3) is 15.7 Å². The molecule has 2 atom stereocenters. The van der Waals surface area contributed by atoms with Crippen molar-refractivity contribution in [2.75, 3.05) is 17.5 Å². The highest BCUT2D eigenvalue weighted by Gasteiger charge is 2.35. The fourth-order valence-corrected chi connectivity index (χ4v) is 4.74. The number of hydrogen-bond acceptors (Lipinski definition) is 4. The first-order chi connectivity index (χ1) is 15.7. The van der Waals surface area contributed by atoms with E-state index in [1.54, 1.807) is 29.2 Å². The van der Waals surface area contributed by atoms with Crippen molar-refractivity contribution in [2.45, 2.75) is 32.4 Å². The van der Waals surface area contributed by atoms with E-state index in [0.717, 1.165) is 35.6 Å². The van der Waals surface area contributed by atoms with Crippen molar-refractivity contribution < 1.29 is 17.9 Å². The van der Waals surface area contributed by atoms with E-state index < -0.39 is 10.0 Å².